The monoisotopic (exact) mass is 662 g/mol. The lowest BCUT2D eigenvalue weighted by Gasteiger charge is -2.33. The molecule has 0 bridgehead atoms. The number of rotatable bonds is 15. The molecule has 6 N–H and O–H groups in total. The Balaban J connectivity index is 1.65. The van der Waals surface area contributed by atoms with E-state index in [1.54, 1.807) is 0 Å². The number of nitrogens with zero attached hydrogens (tertiary/aromatic N) is 1. The van der Waals surface area contributed by atoms with Crippen molar-refractivity contribution >= 4 is 52.2 Å². The minimum atomic E-state index is -1.20. The number of hydrogen-bond donors (Lipinski definition) is 5. The highest BCUT2D eigenvalue weighted by atomic mass is 32.2. The van der Waals surface area contributed by atoms with E-state index in [1.807, 2.05) is 60.8 Å². The first-order chi connectivity index (χ1) is 22.7. The van der Waals surface area contributed by atoms with Crippen LogP contribution in [-0.4, -0.2) is 82.1 Å². The first-order valence-corrected chi connectivity index (χ1v) is 17.4. The van der Waals surface area contributed by atoms with Gasteiger partial charge >= 0.3 is 0 Å². The number of amides is 5. The zero-order chi connectivity index (χ0) is 33.8. The molecule has 2 aromatic carbocycles. The highest BCUT2D eigenvalue weighted by molar-refractivity contribution is 8.00. The Labute approximate surface area is 280 Å². The van der Waals surface area contributed by atoms with Crippen LogP contribution in [0.4, 0.5) is 0 Å². The molecule has 252 valence electrons. The standard InChI is InChI=1S/C35H46N6O5S/c1-23(2)15-17-37-33(44)28(19-25-20-38-27-13-7-6-12-26(25)27)40-34(45)30(14-8-9-16-36)41-32(43)22-47-21-31(42)39-29(35(41)46)18-24-10-4-3-5-11-24/h3-7,10-13,20,23,28-30,38H,8-9,14-19,21-22,36H2,1-2H3,(H,37,44)(H,39,42)(H,40,45)/t28-,29-,30-/m0/s1. The summed E-state index contributed by atoms with van der Waals surface area (Å²) < 4.78 is 0. The number of fused-ring (bicyclic) bond motifs is 1. The van der Waals surface area contributed by atoms with Crippen molar-refractivity contribution in [2.75, 3.05) is 24.6 Å². The van der Waals surface area contributed by atoms with Crippen LogP contribution in [0, 0.1) is 5.92 Å². The van der Waals surface area contributed by atoms with E-state index in [2.05, 4.69) is 34.8 Å². The van der Waals surface area contributed by atoms with E-state index in [-0.39, 0.29) is 42.6 Å². The summed E-state index contributed by atoms with van der Waals surface area (Å²) in [7, 11) is 0. The van der Waals surface area contributed by atoms with Gasteiger partial charge in [0, 0.05) is 36.5 Å². The number of aromatic amines is 1. The summed E-state index contributed by atoms with van der Waals surface area (Å²) in [5.74, 6) is -2.30. The lowest BCUT2D eigenvalue weighted by Crippen LogP contribution is -2.60. The fraction of sp³-hybridized carbons (Fsp3) is 0.457. The molecule has 1 saturated heterocycles. The Morgan fingerprint density at radius 3 is 2.47 bits per heavy atom. The van der Waals surface area contributed by atoms with Crippen molar-refractivity contribution in [1.82, 2.24) is 25.8 Å². The first kappa shape index (κ1) is 35.7. The van der Waals surface area contributed by atoms with Gasteiger partial charge in [0.1, 0.15) is 18.1 Å². The van der Waals surface area contributed by atoms with Gasteiger partial charge in [0.05, 0.1) is 11.5 Å². The van der Waals surface area contributed by atoms with Gasteiger partial charge < -0.3 is 26.7 Å². The smallest absolute Gasteiger partial charge is 0.252 e. The predicted octanol–water partition coefficient (Wildman–Crippen LogP) is 2.68. The third-order valence-corrected chi connectivity index (χ3v) is 9.10. The molecular formula is C35H46N6O5S. The molecule has 0 unspecified atom stereocenters. The van der Waals surface area contributed by atoms with Gasteiger partial charge in [0.2, 0.25) is 23.6 Å². The number of nitrogens with one attached hydrogen (secondary N) is 4. The van der Waals surface area contributed by atoms with E-state index >= 15 is 0 Å². The number of para-hydroxylation sites is 1. The molecule has 11 nitrogen and oxygen atoms in total. The van der Waals surface area contributed by atoms with E-state index in [0.29, 0.717) is 31.8 Å². The summed E-state index contributed by atoms with van der Waals surface area (Å²) in [5, 5.41) is 9.58. The summed E-state index contributed by atoms with van der Waals surface area (Å²) in [6.45, 7) is 4.95. The molecule has 0 spiro atoms. The molecule has 3 aromatic rings. The number of hydrogen-bond acceptors (Lipinski definition) is 7. The average Bonchev–Trinajstić information content (AvgIpc) is 3.47. The number of unbranched alkanes of at least 4 members (excludes halogenated alkanes) is 1. The first-order valence-electron chi connectivity index (χ1n) is 16.3. The summed E-state index contributed by atoms with van der Waals surface area (Å²) in [6, 6.07) is 13.7. The number of imide groups is 1. The Bertz CT molecular complexity index is 1530. The fourth-order valence-corrected chi connectivity index (χ4v) is 6.35. The van der Waals surface area contributed by atoms with Crippen LogP contribution in [0.25, 0.3) is 10.9 Å². The van der Waals surface area contributed by atoms with Gasteiger partial charge in [-0.15, -0.1) is 11.8 Å². The number of benzene rings is 2. The zero-order valence-corrected chi connectivity index (χ0v) is 27.9. The minimum absolute atomic E-state index is 0.00539. The Morgan fingerprint density at radius 1 is 0.979 bits per heavy atom. The highest BCUT2D eigenvalue weighted by Crippen LogP contribution is 2.21. The number of carbonyl (C=O) groups excluding carboxylic acids is 5. The van der Waals surface area contributed by atoms with E-state index in [9.17, 15) is 24.0 Å². The fourth-order valence-electron chi connectivity index (χ4n) is 5.67. The van der Waals surface area contributed by atoms with Gasteiger partial charge in [-0.2, -0.15) is 0 Å². The molecule has 0 radical (unpaired) electrons. The van der Waals surface area contributed by atoms with Gasteiger partial charge in [-0.25, -0.2) is 0 Å². The number of H-pyrrole nitrogens is 1. The van der Waals surface area contributed by atoms with Crippen molar-refractivity contribution < 1.29 is 24.0 Å². The van der Waals surface area contributed by atoms with Crippen molar-refractivity contribution in [2.24, 2.45) is 11.7 Å². The second-order valence-corrected chi connectivity index (χ2v) is 13.3. The van der Waals surface area contributed by atoms with E-state index in [4.69, 9.17) is 5.73 Å². The molecule has 47 heavy (non-hydrogen) atoms. The maximum atomic E-state index is 14.3. The predicted molar refractivity (Wildman–Crippen MR) is 184 cm³/mol. The molecule has 5 amide bonds. The number of aromatic nitrogens is 1. The van der Waals surface area contributed by atoms with Crippen LogP contribution < -0.4 is 21.7 Å². The van der Waals surface area contributed by atoms with Crippen molar-refractivity contribution in [3.63, 3.8) is 0 Å². The average molecular weight is 663 g/mol. The van der Waals surface area contributed by atoms with Crippen LogP contribution >= 0.6 is 11.8 Å². The highest BCUT2D eigenvalue weighted by Gasteiger charge is 2.40. The molecule has 4 rings (SSSR count). The molecule has 2 heterocycles. The number of thioether (sulfide) groups is 1. The summed E-state index contributed by atoms with van der Waals surface area (Å²) in [6.07, 6.45) is 4.15. The third kappa shape index (κ3) is 10.2. The van der Waals surface area contributed by atoms with E-state index in [1.165, 1.54) is 0 Å². The maximum Gasteiger partial charge on any atom is 0.252 e. The van der Waals surface area contributed by atoms with Gasteiger partial charge in [-0.1, -0.05) is 62.4 Å². The van der Waals surface area contributed by atoms with Crippen LogP contribution in [0.2, 0.25) is 0 Å². The second kappa shape index (κ2) is 17.7. The summed E-state index contributed by atoms with van der Waals surface area (Å²) in [4.78, 5) is 72.7. The van der Waals surface area contributed by atoms with Gasteiger partial charge in [-0.05, 0) is 55.3 Å². The Kier molecular flexibility index (Phi) is 13.4. The molecular weight excluding hydrogens is 616 g/mol. The molecule has 12 heteroatoms. The van der Waals surface area contributed by atoms with Gasteiger partial charge in [-0.3, -0.25) is 28.9 Å². The van der Waals surface area contributed by atoms with Crippen molar-refractivity contribution in [3.05, 3.63) is 71.9 Å². The zero-order valence-electron chi connectivity index (χ0n) is 27.1. The van der Waals surface area contributed by atoms with Crippen molar-refractivity contribution in [2.45, 2.75) is 70.5 Å². The lowest BCUT2D eigenvalue weighted by atomic mass is 10.00. The van der Waals surface area contributed by atoms with Crippen LogP contribution in [0.5, 0.6) is 0 Å². The summed E-state index contributed by atoms with van der Waals surface area (Å²) >= 11 is 1.09. The number of nitrogens with two attached hydrogens (primary N) is 1. The molecule has 0 saturated carbocycles. The van der Waals surface area contributed by atoms with Crippen LogP contribution in [0.3, 0.4) is 0 Å². The normalized spacial score (nSPS) is 17.1. The quantitative estimate of drug-likeness (QED) is 0.123. The van der Waals surface area contributed by atoms with Crippen LogP contribution in [0.1, 0.15) is 50.7 Å². The molecule has 1 aromatic heterocycles. The Hall–Kier alpha value is -4.16. The van der Waals surface area contributed by atoms with Crippen molar-refractivity contribution in [1.29, 1.82) is 0 Å². The van der Waals surface area contributed by atoms with E-state index < -0.39 is 35.8 Å². The van der Waals surface area contributed by atoms with E-state index in [0.717, 1.165) is 45.1 Å². The summed E-state index contributed by atoms with van der Waals surface area (Å²) in [5.41, 5.74) is 8.32. The minimum Gasteiger partial charge on any atom is -0.361 e. The molecule has 1 aliphatic rings. The molecule has 1 fully saturated rings. The largest absolute Gasteiger partial charge is 0.361 e. The molecule has 1 aliphatic heterocycles. The van der Waals surface area contributed by atoms with Crippen molar-refractivity contribution in [3.8, 4) is 0 Å². The molecule has 0 aliphatic carbocycles. The SMILES string of the molecule is CC(C)CCNC(=O)[C@H](Cc1c[nH]c2ccccc12)NC(=O)[C@H](CCCCN)N1C(=O)CSCC(=O)N[C@@H](Cc2ccccc2)C1=O. The Morgan fingerprint density at radius 2 is 1.72 bits per heavy atom. The van der Waals surface area contributed by atoms with Crippen LogP contribution in [-0.2, 0) is 36.8 Å². The van der Waals surface area contributed by atoms with Gasteiger partial charge in [0.25, 0.3) is 5.91 Å². The third-order valence-electron chi connectivity index (χ3n) is 8.18. The molecule has 3 atom stereocenters. The number of carbonyl (C=O) groups is 5. The maximum absolute atomic E-state index is 14.3. The van der Waals surface area contributed by atoms with Gasteiger partial charge in [0.15, 0.2) is 0 Å². The van der Waals surface area contributed by atoms with Crippen LogP contribution in [0.15, 0.2) is 60.8 Å². The second-order valence-electron chi connectivity index (χ2n) is 12.3. The lowest BCUT2D eigenvalue weighted by molar-refractivity contribution is -0.153. The topological polar surface area (TPSA) is 166 Å².